The lowest BCUT2D eigenvalue weighted by atomic mass is 10.0. The first-order valence-corrected chi connectivity index (χ1v) is 4.78. The Morgan fingerprint density at radius 3 is 2.92 bits per heavy atom. The highest BCUT2D eigenvalue weighted by molar-refractivity contribution is 9.10. The molecule has 1 heterocycles. The zero-order valence-electron chi connectivity index (χ0n) is 6.94. The Hall–Kier alpha value is -0.280. The molecule has 0 aromatic heterocycles. The fourth-order valence-electron chi connectivity index (χ4n) is 1.51. The van der Waals surface area contributed by atoms with Gasteiger partial charge in [-0.2, -0.15) is 0 Å². The van der Waals surface area contributed by atoms with E-state index in [9.17, 15) is 4.39 Å². The van der Waals surface area contributed by atoms with Crippen LogP contribution in [0, 0.1) is 5.82 Å². The van der Waals surface area contributed by atoms with E-state index >= 15 is 0 Å². The van der Waals surface area contributed by atoms with E-state index in [1.807, 2.05) is 6.07 Å². The smallest absolute Gasteiger partial charge is 0.147 e. The summed E-state index contributed by atoms with van der Waals surface area (Å²) in [7, 11) is 0. The van der Waals surface area contributed by atoms with Gasteiger partial charge >= 0.3 is 0 Å². The Morgan fingerprint density at radius 2 is 2.15 bits per heavy atom. The number of rotatable bonds is 0. The standard InChI is InChI=1S/C9H9BrFN.ClH/c10-7-4-6-2-1-3-12-9(6)8(11)5-7;/h4-5,12H,1-3H2;1H. The van der Waals surface area contributed by atoms with E-state index < -0.39 is 0 Å². The summed E-state index contributed by atoms with van der Waals surface area (Å²) >= 11 is 3.27. The largest absolute Gasteiger partial charge is 0.382 e. The van der Waals surface area contributed by atoms with Gasteiger partial charge in [-0.25, -0.2) is 4.39 Å². The fourth-order valence-corrected chi connectivity index (χ4v) is 1.99. The molecule has 72 valence electrons. The van der Waals surface area contributed by atoms with Crippen LogP contribution in [0.25, 0.3) is 0 Å². The third-order valence-electron chi connectivity index (χ3n) is 2.06. The third-order valence-corrected chi connectivity index (χ3v) is 2.52. The van der Waals surface area contributed by atoms with Gasteiger partial charge < -0.3 is 5.32 Å². The summed E-state index contributed by atoms with van der Waals surface area (Å²) in [5.74, 6) is -0.154. The van der Waals surface area contributed by atoms with Gasteiger partial charge in [0.15, 0.2) is 0 Å². The van der Waals surface area contributed by atoms with Crippen LogP contribution in [-0.2, 0) is 6.42 Å². The number of hydrogen-bond donors (Lipinski definition) is 1. The summed E-state index contributed by atoms with van der Waals surface area (Å²) in [5, 5.41) is 3.06. The molecule has 1 aliphatic rings. The molecule has 0 fully saturated rings. The summed E-state index contributed by atoms with van der Waals surface area (Å²) in [6, 6.07) is 3.47. The zero-order chi connectivity index (χ0) is 8.55. The molecule has 1 aliphatic heterocycles. The van der Waals surface area contributed by atoms with Gasteiger partial charge in [-0.1, -0.05) is 15.9 Å². The first kappa shape index (κ1) is 10.8. The van der Waals surface area contributed by atoms with E-state index in [-0.39, 0.29) is 18.2 Å². The molecule has 13 heavy (non-hydrogen) atoms. The number of benzene rings is 1. The van der Waals surface area contributed by atoms with Gasteiger partial charge in [-0.05, 0) is 30.5 Å². The van der Waals surface area contributed by atoms with Crippen molar-refractivity contribution in [1.29, 1.82) is 0 Å². The van der Waals surface area contributed by atoms with Crippen LogP contribution in [0.1, 0.15) is 12.0 Å². The van der Waals surface area contributed by atoms with Crippen LogP contribution in [0.3, 0.4) is 0 Å². The lowest BCUT2D eigenvalue weighted by molar-refractivity contribution is 0.622. The molecule has 1 aromatic rings. The van der Waals surface area contributed by atoms with E-state index in [2.05, 4.69) is 21.2 Å². The maximum atomic E-state index is 13.2. The lowest BCUT2D eigenvalue weighted by Gasteiger charge is -2.18. The molecule has 4 heteroatoms. The van der Waals surface area contributed by atoms with Gasteiger partial charge in [0.05, 0.1) is 5.69 Å². The van der Waals surface area contributed by atoms with Crippen molar-refractivity contribution in [2.45, 2.75) is 12.8 Å². The summed E-state index contributed by atoms with van der Waals surface area (Å²) < 4.78 is 14.1. The maximum absolute atomic E-state index is 13.2. The Balaban J connectivity index is 0.000000845. The predicted octanol–water partition coefficient (Wildman–Crippen LogP) is 3.37. The summed E-state index contributed by atoms with van der Waals surface area (Å²) in [6.45, 7) is 0.881. The second-order valence-corrected chi connectivity index (χ2v) is 3.87. The van der Waals surface area contributed by atoms with Crippen molar-refractivity contribution in [2.24, 2.45) is 0 Å². The maximum Gasteiger partial charge on any atom is 0.147 e. The first-order valence-electron chi connectivity index (χ1n) is 3.99. The molecule has 0 saturated heterocycles. The van der Waals surface area contributed by atoms with Crippen molar-refractivity contribution in [1.82, 2.24) is 0 Å². The second kappa shape index (κ2) is 4.29. The molecule has 0 spiro atoms. The number of aryl methyl sites for hydroxylation is 1. The zero-order valence-corrected chi connectivity index (χ0v) is 9.34. The van der Waals surface area contributed by atoms with Gasteiger partial charge in [0.2, 0.25) is 0 Å². The quantitative estimate of drug-likeness (QED) is 0.759. The molecule has 0 bridgehead atoms. The van der Waals surface area contributed by atoms with E-state index in [1.165, 1.54) is 6.07 Å². The first-order chi connectivity index (χ1) is 5.77. The molecular formula is C9H10BrClFN. The van der Waals surface area contributed by atoms with E-state index in [4.69, 9.17) is 0 Å². The Morgan fingerprint density at radius 1 is 1.38 bits per heavy atom. The second-order valence-electron chi connectivity index (χ2n) is 2.95. The highest BCUT2D eigenvalue weighted by Crippen LogP contribution is 2.28. The minimum absolute atomic E-state index is 0. The summed E-state index contributed by atoms with van der Waals surface area (Å²) in [4.78, 5) is 0. The highest BCUT2D eigenvalue weighted by atomic mass is 79.9. The van der Waals surface area contributed by atoms with Crippen LogP contribution in [-0.4, -0.2) is 6.54 Å². The molecule has 0 atom stereocenters. The van der Waals surface area contributed by atoms with Gasteiger partial charge in [0.1, 0.15) is 5.82 Å². The van der Waals surface area contributed by atoms with E-state index in [0.717, 1.165) is 29.4 Å². The van der Waals surface area contributed by atoms with Gasteiger partial charge in [-0.15, -0.1) is 12.4 Å². The molecule has 1 N–H and O–H groups in total. The van der Waals surface area contributed by atoms with Gasteiger partial charge in [0.25, 0.3) is 0 Å². The van der Waals surface area contributed by atoms with Crippen molar-refractivity contribution in [2.75, 3.05) is 11.9 Å². The van der Waals surface area contributed by atoms with Crippen LogP contribution < -0.4 is 5.32 Å². The summed E-state index contributed by atoms with van der Waals surface area (Å²) in [6.07, 6.45) is 2.06. The molecule has 0 aliphatic carbocycles. The van der Waals surface area contributed by atoms with Crippen molar-refractivity contribution in [3.63, 3.8) is 0 Å². The topological polar surface area (TPSA) is 12.0 Å². The van der Waals surface area contributed by atoms with Crippen LogP contribution in [0.15, 0.2) is 16.6 Å². The molecule has 0 radical (unpaired) electrons. The van der Waals surface area contributed by atoms with Crippen LogP contribution in [0.4, 0.5) is 10.1 Å². The average molecular weight is 267 g/mol. The van der Waals surface area contributed by atoms with Crippen LogP contribution in [0.5, 0.6) is 0 Å². The van der Waals surface area contributed by atoms with Gasteiger partial charge in [0, 0.05) is 11.0 Å². The monoisotopic (exact) mass is 265 g/mol. The molecule has 2 rings (SSSR count). The van der Waals surface area contributed by atoms with Crippen LogP contribution in [0.2, 0.25) is 0 Å². The fraction of sp³-hybridized carbons (Fsp3) is 0.333. The van der Waals surface area contributed by atoms with Crippen molar-refractivity contribution < 1.29 is 4.39 Å². The number of hydrogen-bond acceptors (Lipinski definition) is 1. The molecule has 1 aromatic carbocycles. The lowest BCUT2D eigenvalue weighted by Crippen LogP contribution is -2.13. The molecular weight excluding hydrogens is 256 g/mol. The Kier molecular flexibility index (Phi) is 3.56. The molecule has 0 unspecified atom stereocenters. The van der Waals surface area contributed by atoms with E-state index in [0.29, 0.717) is 5.69 Å². The molecule has 0 amide bonds. The number of fused-ring (bicyclic) bond motifs is 1. The minimum atomic E-state index is -0.154. The van der Waals surface area contributed by atoms with Crippen molar-refractivity contribution in [3.8, 4) is 0 Å². The van der Waals surface area contributed by atoms with Crippen LogP contribution >= 0.6 is 28.3 Å². The Bertz CT molecular complexity index is 317. The summed E-state index contributed by atoms with van der Waals surface area (Å²) in [5.41, 5.74) is 1.76. The van der Waals surface area contributed by atoms with Crippen molar-refractivity contribution in [3.05, 3.63) is 28.0 Å². The highest BCUT2D eigenvalue weighted by Gasteiger charge is 2.13. The number of halogens is 3. The SMILES string of the molecule is Cl.Fc1cc(Br)cc2c1NCCC2. The predicted molar refractivity (Wildman–Crippen MR) is 58.2 cm³/mol. The normalized spacial score (nSPS) is 14.0. The van der Waals surface area contributed by atoms with E-state index in [1.54, 1.807) is 0 Å². The van der Waals surface area contributed by atoms with Gasteiger partial charge in [-0.3, -0.25) is 0 Å². The molecule has 1 nitrogen and oxygen atoms in total. The average Bonchev–Trinajstić information content (AvgIpc) is 2.04. The number of nitrogens with one attached hydrogen (secondary N) is 1. The minimum Gasteiger partial charge on any atom is -0.382 e. The third kappa shape index (κ3) is 2.15. The number of anilines is 1. The Labute approximate surface area is 91.3 Å². The molecule has 0 saturated carbocycles. The van der Waals surface area contributed by atoms with Crippen molar-refractivity contribution >= 4 is 34.0 Å².